The smallest absolute Gasteiger partial charge is 0.251 e. The van der Waals surface area contributed by atoms with E-state index in [1.54, 1.807) is 0 Å². The minimum absolute atomic E-state index is 0.214. The molecule has 0 saturated carbocycles. The molecule has 1 aromatic rings. The second kappa shape index (κ2) is 6.80. The molecule has 0 aliphatic heterocycles. The van der Waals surface area contributed by atoms with Crippen molar-refractivity contribution in [1.82, 2.24) is 5.32 Å². The lowest BCUT2D eigenvalue weighted by Crippen LogP contribution is -2.34. The van der Waals surface area contributed by atoms with Crippen LogP contribution >= 0.6 is 23.2 Å². The molecular formula is C11H14Cl2N2O3. The van der Waals surface area contributed by atoms with Crippen molar-refractivity contribution in [2.45, 2.75) is 6.29 Å². The van der Waals surface area contributed by atoms with E-state index in [4.69, 9.17) is 38.4 Å². The van der Waals surface area contributed by atoms with Crippen LogP contribution < -0.4 is 11.1 Å². The van der Waals surface area contributed by atoms with Gasteiger partial charge in [0.1, 0.15) is 0 Å². The van der Waals surface area contributed by atoms with Crippen LogP contribution in [0.15, 0.2) is 12.1 Å². The summed E-state index contributed by atoms with van der Waals surface area (Å²) in [5.74, 6) is -0.335. The van der Waals surface area contributed by atoms with Gasteiger partial charge in [-0.15, -0.1) is 0 Å². The molecule has 18 heavy (non-hydrogen) atoms. The first-order valence-electron chi connectivity index (χ1n) is 5.08. The van der Waals surface area contributed by atoms with Gasteiger partial charge in [0.15, 0.2) is 6.29 Å². The molecule has 5 nitrogen and oxygen atoms in total. The van der Waals surface area contributed by atoms with Gasteiger partial charge in [0, 0.05) is 19.8 Å². The Morgan fingerprint density at radius 3 is 2.28 bits per heavy atom. The third kappa shape index (κ3) is 3.74. The molecule has 1 rings (SSSR count). The van der Waals surface area contributed by atoms with E-state index >= 15 is 0 Å². The minimum Gasteiger partial charge on any atom is -0.396 e. The number of hydrogen-bond acceptors (Lipinski definition) is 4. The predicted octanol–water partition coefficient (Wildman–Crippen LogP) is 1.92. The van der Waals surface area contributed by atoms with E-state index in [9.17, 15) is 4.79 Å². The summed E-state index contributed by atoms with van der Waals surface area (Å²) in [6.45, 7) is 0.214. The number of nitrogens with two attached hydrogens (primary N) is 1. The van der Waals surface area contributed by atoms with Crippen molar-refractivity contribution in [3.05, 3.63) is 27.7 Å². The monoisotopic (exact) mass is 292 g/mol. The Bertz CT molecular complexity index is 413. The van der Waals surface area contributed by atoms with Gasteiger partial charge in [-0.1, -0.05) is 23.2 Å². The van der Waals surface area contributed by atoms with Gasteiger partial charge in [-0.2, -0.15) is 0 Å². The fourth-order valence-electron chi connectivity index (χ4n) is 1.26. The number of benzene rings is 1. The summed E-state index contributed by atoms with van der Waals surface area (Å²) in [6.07, 6.45) is -0.506. The first-order valence-corrected chi connectivity index (χ1v) is 5.83. The molecule has 0 bridgehead atoms. The number of amides is 1. The highest BCUT2D eigenvalue weighted by atomic mass is 35.5. The quantitative estimate of drug-likeness (QED) is 0.642. The van der Waals surface area contributed by atoms with E-state index in [0.717, 1.165) is 0 Å². The van der Waals surface area contributed by atoms with Gasteiger partial charge < -0.3 is 20.5 Å². The maximum Gasteiger partial charge on any atom is 0.251 e. The number of halogens is 2. The van der Waals surface area contributed by atoms with Crippen molar-refractivity contribution >= 4 is 34.8 Å². The third-order valence-electron chi connectivity index (χ3n) is 2.30. The minimum atomic E-state index is -0.506. The normalized spacial score (nSPS) is 10.7. The first-order chi connectivity index (χ1) is 8.49. The number of methoxy groups -OCH3 is 2. The van der Waals surface area contributed by atoms with Crippen LogP contribution in [0.4, 0.5) is 5.69 Å². The molecule has 0 aliphatic carbocycles. The number of anilines is 1. The van der Waals surface area contributed by atoms with Crippen LogP contribution in [0.3, 0.4) is 0 Å². The van der Waals surface area contributed by atoms with Crippen molar-refractivity contribution in [1.29, 1.82) is 0 Å². The number of carbonyl (C=O) groups excluding carboxylic acids is 1. The number of rotatable bonds is 5. The SMILES string of the molecule is COC(CNC(=O)c1cc(Cl)c(N)c(Cl)c1)OC. The molecule has 0 unspecified atom stereocenters. The van der Waals surface area contributed by atoms with Crippen LogP contribution in [-0.4, -0.2) is 33.0 Å². The maximum atomic E-state index is 11.8. The summed E-state index contributed by atoms with van der Waals surface area (Å²) in [5.41, 5.74) is 6.16. The Kier molecular flexibility index (Phi) is 5.68. The molecule has 7 heteroatoms. The maximum absolute atomic E-state index is 11.8. The Morgan fingerprint density at radius 2 is 1.83 bits per heavy atom. The highest BCUT2D eigenvalue weighted by molar-refractivity contribution is 6.39. The van der Waals surface area contributed by atoms with Crippen molar-refractivity contribution < 1.29 is 14.3 Å². The molecular weight excluding hydrogens is 279 g/mol. The summed E-state index contributed by atoms with van der Waals surface area (Å²) in [4.78, 5) is 11.8. The molecule has 0 aliphatic rings. The molecule has 0 atom stereocenters. The lowest BCUT2D eigenvalue weighted by Gasteiger charge is -2.14. The van der Waals surface area contributed by atoms with E-state index in [-0.39, 0.29) is 28.2 Å². The van der Waals surface area contributed by atoms with Crippen LogP contribution in [0, 0.1) is 0 Å². The zero-order valence-electron chi connectivity index (χ0n) is 10.00. The van der Waals surface area contributed by atoms with Gasteiger partial charge in [0.05, 0.1) is 22.3 Å². The predicted molar refractivity (Wildman–Crippen MR) is 71.0 cm³/mol. The number of ether oxygens (including phenoxy) is 2. The number of nitrogen functional groups attached to an aromatic ring is 1. The van der Waals surface area contributed by atoms with Crippen molar-refractivity contribution in [3.8, 4) is 0 Å². The van der Waals surface area contributed by atoms with Gasteiger partial charge in [-0.05, 0) is 12.1 Å². The van der Waals surface area contributed by atoms with E-state index in [1.807, 2.05) is 0 Å². The number of nitrogens with one attached hydrogen (secondary N) is 1. The topological polar surface area (TPSA) is 73.6 Å². The van der Waals surface area contributed by atoms with Crippen LogP contribution in [0.5, 0.6) is 0 Å². The Labute approximate surface area is 115 Å². The average Bonchev–Trinajstić information content (AvgIpc) is 2.36. The van der Waals surface area contributed by atoms with Crippen LogP contribution in [0.1, 0.15) is 10.4 Å². The average molecular weight is 293 g/mol. The Hall–Kier alpha value is -1.01. The van der Waals surface area contributed by atoms with E-state index in [0.29, 0.717) is 5.56 Å². The molecule has 3 N–H and O–H groups in total. The second-order valence-corrected chi connectivity index (χ2v) is 4.28. The van der Waals surface area contributed by atoms with Crippen molar-refractivity contribution in [2.75, 3.05) is 26.5 Å². The molecule has 0 heterocycles. The molecule has 100 valence electrons. The fourth-order valence-corrected chi connectivity index (χ4v) is 1.74. The first kappa shape index (κ1) is 15.0. The Balaban J connectivity index is 2.73. The van der Waals surface area contributed by atoms with Crippen LogP contribution in [0.2, 0.25) is 10.0 Å². The van der Waals surface area contributed by atoms with Crippen LogP contribution in [0.25, 0.3) is 0 Å². The van der Waals surface area contributed by atoms with Gasteiger partial charge in [0.25, 0.3) is 5.91 Å². The van der Waals surface area contributed by atoms with E-state index < -0.39 is 6.29 Å². The molecule has 0 fully saturated rings. The van der Waals surface area contributed by atoms with Gasteiger partial charge in [-0.3, -0.25) is 4.79 Å². The van der Waals surface area contributed by atoms with E-state index in [1.165, 1.54) is 26.4 Å². The Morgan fingerprint density at radius 1 is 1.33 bits per heavy atom. The largest absolute Gasteiger partial charge is 0.396 e. The lowest BCUT2D eigenvalue weighted by atomic mass is 10.2. The summed E-state index contributed by atoms with van der Waals surface area (Å²) in [6, 6.07) is 2.90. The van der Waals surface area contributed by atoms with E-state index in [2.05, 4.69) is 5.32 Å². The molecule has 0 aromatic heterocycles. The molecule has 0 saturated heterocycles. The van der Waals surface area contributed by atoms with Crippen LogP contribution in [-0.2, 0) is 9.47 Å². The van der Waals surface area contributed by atoms with Gasteiger partial charge >= 0.3 is 0 Å². The fraction of sp³-hybridized carbons (Fsp3) is 0.364. The molecule has 0 spiro atoms. The zero-order valence-corrected chi connectivity index (χ0v) is 11.5. The molecule has 1 amide bonds. The standard InChI is InChI=1S/C11H14Cl2N2O3/c1-17-9(18-2)5-15-11(16)6-3-7(12)10(14)8(13)4-6/h3-4,9H,5,14H2,1-2H3,(H,15,16). The second-order valence-electron chi connectivity index (χ2n) is 3.46. The highest BCUT2D eigenvalue weighted by Gasteiger charge is 2.13. The summed E-state index contributed by atoms with van der Waals surface area (Å²) < 4.78 is 9.89. The lowest BCUT2D eigenvalue weighted by molar-refractivity contribution is -0.0974. The summed E-state index contributed by atoms with van der Waals surface area (Å²) in [5, 5.41) is 3.10. The van der Waals surface area contributed by atoms with Crippen molar-refractivity contribution in [3.63, 3.8) is 0 Å². The van der Waals surface area contributed by atoms with Gasteiger partial charge in [0.2, 0.25) is 0 Å². The molecule has 0 radical (unpaired) electrons. The molecule has 1 aromatic carbocycles. The highest BCUT2D eigenvalue weighted by Crippen LogP contribution is 2.28. The van der Waals surface area contributed by atoms with Crippen molar-refractivity contribution in [2.24, 2.45) is 0 Å². The number of hydrogen-bond donors (Lipinski definition) is 2. The van der Waals surface area contributed by atoms with Gasteiger partial charge in [-0.25, -0.2) is 0 Å². The number of carbonyl (C=O) groups is 1. The summed E-state index contributed by atoms with van der Waals surface area (Å²) in [7, 11) is 2.97. The third-order valence-corrected chi connectivity index (χ3v) is 2.92. The zero-order chi connectivity index (χ0) is 13.7. The summed E-state index contributed by atoms with van der Waals surface area (Å²) >= 11 is 11.7.